The van der Waals surface area contributed by atoms with Crippen LogP contribution in [0.2, 0.25) is 0 Å². The van der Waals surface area contributed by atoms with Crippen LogP contribution >= 0.6 is 15.9 Å². The van der Waals surface area contributed by atoms with E-state index in [0.29, 0.717) is 11.8 Å². The van der Waals surface area contributed by atoms with Gasteiger partial charge in [0.25, 0.3) is 0 Å². The summed E-state index contributed by atoms with van der Waals surface area (Å²) >= 11 is 3.48. The minimum Gasteiger partial charge on any atom is -0.383 e. The normalized spacial score (nSPS) is 22.8. The van der Waals surface area contributed by atoms with E-state index in [1.807, 2.05) is 0 Å². The lowest BCUT2D eigenvalue weighted by molar-refractivity contribution is 0.199. The van der Waals surface area contributed by atoms with Crippen LogP contribution in [0.3, 0.4) is 0 Å². The maximum absolute atomic E-state index is 13.2. The maximum atomic E-state index is 13.2. The molecule has 17 heavy (non-hydrogen) atoms. The Balaban J connectivity index is 1.83. The lowest BCUT2D eigenvalue weighted by atomic mass is 10.1. The Kier molecular flexibility index (Phi) is 4.54. The molecule has 94 valence electrons. The van der Waals surface area contributed by atoms with Crippen molar-refractivity contribution in [2.24, 2.45) is 5.92 Å². The molecule has 0 saturated heterocycles. The highest BCUT2D eigenvalue weighted by Crippen LogP contribution is 2.49. The van der Waals surface area contributed by atoms with E-state index in [4.69, 9.17) is 4.74 Å². The summed E-state index contributed by atoms with van der Waals surface area (Å²) in [7, 11) is 1.70. The van der Waals surface area contributed by atoms with Crippen molar-refractivity contribution in [1.29, 1.82) is 0 Å². The lowest BCUT2D eigenvalue weighted by Gasteiger charge is -2.05. The summed E-state index contributed by atoms with van der Waals surface area (Å²) in [5, 5.41) is 3.35. The zero-order valence-electron chi connectivity index (χ0n) is 9.88. The van der Waals surface area contributed by atoms with Gasteiger partial charge in [0.1, 0.15) is 5.82 Å². The Morgan fingerprint density at radius 1 is 1.53 bits per heavy atom. The van der Waals surface area contributed by atoms with Crippen LogP contribution in [0.4, 0.5) is 4.39 Å². The quantitative estimate of drug-likeness (QED) is 0.816. The Bertz CT molecular complexity index is 386. The van der Waals surface area contributed by atoms with Crippen LogP contribution in [0.1, 0.15) is 17.9 Å². The van der Waals surface area contributed by atoms with Crippen molar-refractivity contribution in [2.45, 2.75) is 12.3 Å². The standard InChI is InChI=1S/C13H17BrFNO/c1-17-5-4-16-8-9-6-11(9)12-7-10(15)2-3-13(12)14/h2-3,7,9,11,16H,4-6,8H2,1H3. The highest BCUT2D eigenvalue weighted by atomic mass is 79.9. The second kappa shape index (κ2) is 5.94. The molecule has 1 aromatic carbocycles. The fourth-order valence-electron chi connectivity index (χ4n) is 2.11. The molecule has 2 rings (SSSR count). The van der Waals surface area contributed by atoms with E-state index in [2.05, 4.69) is 21.2 Å². The van der Waals surface area contributed by atoms with E-state index in [-0.39, 0.29) is 5.82 Å². The van der Waals surface area contributed by atoms with E-state index in [0.717, 1.165) is 36.2 Å². The second-order valence-electron chi connectivity index (χ2n) is 4.47. The van der Waals surface area contributed by atoms with Crippen LogP contribution < -0.4 is 5.32 Å². The predicted molar refractivity (Wildman–Crippen MR) is 69.7 cm³/mol. The van der Waals surface area contributed by atoms with Crippen LogP contribution in [0.25, 0.3) is 0 Å². The molecular formula is C13H17BrFNO. The molecule has 2 atom stereocenters. The van der Waals surface area contributed by atoms with Gasteiger partial charge in [0.15, 0.2) is 0 Å². The minimum absolute atomic E-state index is 0.152. The van der Waals surface area contributed by atoms with Crippen LogP contribution in [0.5, 0.6) is 0 Å². The van der Waals surface area contributed by atoms with Crippen molar-refractivity contribution >= 4 is 15.9 Å². The first-order valence-corrected chi connectivity index (χ1v) is 6.66. The van der Waals surface area contributed by atoms with Crippen molar-refractivity contribution in [3.8, 4) is 0 Å². The number of nitrogens with one attached hydrogen (secondary N) is 1. The Hall–Kier alpha value is -0.450. The number of methoxy groups -OCH3 is 1. The molecule has 0 spiro atoms. The van der Waals surface area contributed by atoms with E-state index in [1.165, 1.54) is 6.07 Å². The maximum Gasteiger partial charge on any atom is 0.123 e. The molecule has 1 N–H and O–H groups in total. The van der Waals surface area contributed by atoms with Gasteiger partial charge in [0.2, 0.25) is 0 Å². The fraction of sp³-hybridized carbons (Fsp3) is 0.538. The van der Waals surface area contributed by atoms with Crippen molar-refractivity contribution in [3.63, 3.8) is 0 Å². The molecule has 1 saturated carbocycles. The van der Waals surface area contributed by atoms with Gasteiger partial charge in [0.05, 0.1) is 6.61 Å². The van der Waals surface area contributed by atoms with Gasteiger partial charge < -0.3 is 10.1 Å². The molecule has 4 heteroatoms. The fourth-order valence-corrected chi connectivity index (χ4v) is 2.66. The Labute approximate surface area is 110 Å². The average Bonchev–Trinajstić information content (AvgIpc) is 3.07. The molecule has 1 aliphatic rings. The topological polar surface area (TPSA) is 21.3 Å². The van der Waals surface area contributed by atoms with Crippen LogP contribution in [-0.2, 0) is 4.74 Å². The van der Waals surface area contributed by atoms with Crippen molar-refractivity contribution in [3.05, 3.63) is 34.1 Å². The first-order valence-electron chi connectivity index (χ1n) is 5.87. The highest BCUT2D eigenvalue weighted by molar-refractivity contribution is 9.10. The number of halogens is 2. The highest BCUT2D eigenvalue weighted by Gasteiger charge is 2.38. The summed E-state index contributed by atoms with van der Waals surface area (Å²) in [5.74, 6) is 0.973. The number of rotatable bonds is 6. The van der Waals surface area contributed by atoms with E-state index >= 15 is 0 Å². The average molecular weight is 302 g/mol. The van der Waals surface area contributed by atoms with Crippen molar-refractivity contribution in [1.82, 2.24) is 5.32 Å². The van der Waals surface area contributed by atoms with Crippen LogP contribution in [0, 0.1) is 11.7 Å². The zero-order chi connectivity index (χ0) is 12.3. The Morgan fingerprint density at radius 2 is 2.35 bits per heavy atom. The monoisotopic (exact) mass is 301 g/mol. The van der Waals surface area contributed by atoms with Gasteiger partial charge in [-0.15, -0.1) is 0 Å². The SMILES string of the molecule is COCCNCC1CC1c1cc(F)ccc1Br. The number of ether oxygens (including phenoxy) is 1. The van der Waals surface area contributed by atoms with E-state index in [9.17, 15) is 4.39 Å². The molecular weight excluding hydrogens is 285 g/mol. The third kappa shape index (κ3) is 3.50. The van der Waals surface area contributed by atoms with Gasteiger partial charge in [-0.05, 0) is 48.6 Å². The van der Waals surface area contributed by atoms with Gasteiger partial charge in [-0.1, -0.05) is 15.9 Å². The number of benzene rings is 1. The molecule has 0 aliphatic heterocycles. The summed E-state index contributed by atoms with van der Waals surface area (Å²) in [5.41, 5.74) is 1.10. The molecule has 0 amide bonds. The smallest absolute Gasteiger partial charge is 0.123 e. The summed E-state index contributed by atoms with van der Waals surface area (Å²) in [6, 6.07) is 4.92. The molecule has 2 unspecified atom stereocenters. The van der Waals surface area contributed by atoms with E-state index < -0.39 is 0 Å². The summed E-state index contributed by atoms with van der Waals surface area (Å²) in [6.45, 7) is 2.60. The molecule has 2 nitrogen and oxygen atoms in total. The first kappa shape index (κ1) is 13.0. The molecule has 0 bridgehead atoms. The number of hydrogen-bond donors (Lipinski definition) is 1. The summed E-state index contributed by atoms with van der Waals surface area (Å²) in [6.07, 6.45) is 1.14. The van der Waals surface area contributed by atoms with Gasteiger partial charge >= 0.3 is 0 Å². The minimum atomic E-state index is -0.152. The van der Waals surface area contributed by atoms with Gasteiger partial charge in [-0.25, -0.2) is 4.39 Å². The zero-order valence-corrected chi connectivity index (χ0v) is 11.5. The predicted octanol–water partition coefficient (Wildman–Crippen LogP) is 2.93. The lowest BCUT2D eigenvalue weighted by Crippen LogP contribution is -2.21. The molecule has 1 aromatic rings. The van der Waals surface area contributed by atoms with Crippen molar-refractivity contribution in [2.75, 3.05) is 26.8 Å². The third-order valence-electron chi connectivity index (χ3n) is 3.17. The van der Waals surface area contributed by atoms with E-state index in [1.54, 1.807) is 19.2 Å². The summed E-state index contributed by atoms with van der Waals surface area (Å²) in [4.78, 5) is 0. The largest absolute Gasteiger partial charge is 0.383 e. The molecule has 1 fully saturated rings. The van der Waals surface area contributed by atoms with Crippen molar-refractivity contribution < 1.29 is 9.13 Å². The third-order valence-corrected chi connectivity index (χ3v) is 3.89. The first-order chi connectivity index (χ1) is 8.22. The van der Waals surface area contributed by atoms with Gasteiger partial charge in [-0.2, -0.15) is 0 Å². The Morgan fingerprint density at radius 3 is 3.12 bits per heavy atom. The summed E-state index contributed by atoms with van der Waals surface area (Å²) < 4.78 is 19.1. The molecule has 1 aliphatic carbocycles. The van der Waals surface area contributed by atoms with Crippen LogP contribution in [0.15, 0.2) is 22.7 Å². The molecule has 0 radical (unpaired) electrons. The molecule has 0 aromatic heterocycles. The van der Waals surface area contributed by atoms with Gasteiger partial charge in [-0.3, -0.25) is 0 Å². The van der Waals surface area contributed by atoms with Gasteiger partial charge in [0, 0.05) is 18.1 Å². The van der Waals surface area contributed by atoms with Crippen LogP contribution in [-0.4, -0.2) is 26.8 Å². The number of hydrogen-bond acceptors (Lipinski definition) is 2. The molecule has 0 heterocycles. The second-order valence-corrected chi connectivity index (χ2v) is 5.32.